The average molecular weight is 471 g/mol. The van der Waals surface area contributed by atoms with Gasteiger partial charge in [-0.3, -0.25) is 9.59 Å². The van der Waals surface area contributed by atoms with Crippen LogP contribution in [-0.2, 0) is 17.8 Å². The highest BCUT2D eigenvalue weighted by Gasteiger charge is 2.25. The number of anilines is 2. The van der Waals surface area contributed by atoms with Gasteiger partial charge in [0.25, 0.3) is 5.91 Å². The minimum absolute atomic E-state index is 0.0605. The van der Waals surface area contributed by atoms with Gasteiger partial charge in [-0.25, -0.2) is 0 Å². The lowest BCUT2D eigenvalue weighted by Gasteiger charge is -2.23. The molecule has 4 nitrogen and oxygen atoms in total. The van der Waals surface area contributed by atoms with Gasteiger partial charge in [-0.05, 0) is 72.0 Å². The van der Waals surface area contributed by atoms with Gasteiger partial charge in [0.15, 0.2) is 0 Å². The summed E-state index contributed by atoms with van der Waals surface area (Å²) in [5.74, 6) is -0.124. The molecule has 164 valence electrons. The Labute approximate surface area is 201 Å². The Morgan fingerprint density at radius 3 is 2.39 bits per heavy atom. The molecule has 2 amide bonds. The molecular weight excluding hydrogens is 448 g/mol. The number of para-hydroxylation sites is 1. The first-order chi connectivity index (χ1) is 16.1. The second-order valence-electron chi connectivity index (χ2n) is 7.90. The highest BCUT2D eigenvalue weighted by Crippen LogP contribution is 2.41. The summed E-state index contributed by atoms with van der Waals surface area (Å²) in [4.78, 5) is 31.1. The van der Waals surface area contributed by atoms with Crippen LogP contribution >= 0.6 is 23.1 Å². The summed E-state index contributed by atoms with van der Waals surface area (Å²) in [6, 6.07) is 25.4. The Kier molecular flexibility index (Phi) is 6.03. The Hall–Kier alpha value is -3.35. The third-order valence-corrected chi connectivity index (χ3v) is 7.83. The molecule has 0 bridgehead atoms. The molecule has 1 N–H and O–H groups in total. The monoisotopic (exact) mass is 470 g/mol. The van der Waals surface area contributed by atoms with Crippen LogP contribution in [0.1, 0.15) is 26.4 Å². The first-order valence-corrected chi connectivity index (χ1v) is 12.4. The zero-order valence-corrected chi connectivity index (χ0v) is 19.7. The summed E-state index contributed by atoms with van der Waals surface area (Å²) < 4.78 is 0. The first kappa shape index (κ1) is 21.5. The van der Waals surface area contributed by atoms with Crippen molar-refractivity contribution in [2.75, 3.05) is 10.2 Å². The van der Waals surface area contributed by atoms with Gasteiger partial charge in [0.05, 0.1) is 18.7 Å². The SMILES string of the molecule is Cc1ccsc1CC(=O)Nc1ccc(C(=O)N2Cc3ccccc3Sc3ccccc32)cc1. The van der Waals surface area contributed by atoms with Gasteiger partial charge in [0.2, 0.25) is 5.91 Å². The molecule has 0 spiro atoms. The lowest BCUT2D eigenvalue weighted by Crippen LogP contribution is -2.30. The van der Waals surface area contributed by atoms with E-state index in [1.807, 2.05) is 53.6 Å². The predicted octanol–water partition coefficient (Wildman–Crippen LogP) is 6.55. The van der Waals surface area contributed by atoms with Gasteiger partial charge >= 0.3 is 0 Å². The number of thiophene rings is 1. The van der Waals surface area contributed by atoms with Crippen LogP contribution in [0.3, 0.4) is 0 Å². The maximum atomic E-state index is 13.5. The van der Waals surface area contributed by atoms with Gasteiger partial charge < -0.3 is 10.2 Å². The van der Waals surface area contributed by atoms with Crippen molar-refractivity contribution < 1.29 is 9.59 Å². The van der Waals surface area contributed by atoms with Gasteiger partial charge in [-0.15, -0.1) is 11.3 Å². The van der Waals surface area contributed by atoms with E-state index in [2.05, 4.69) is 23.5 Å². The normalized spacial score (nSPS) is 12.5. The zero-order valence-electron chi connectivity index (χ0n) is 18.1. The van der Waals surface area contributed by atoms with Crippen LogP contribution in [-0.4, -0.2) is 11.8 Å². The van der Waals surface area contributed by atoms with Crippen molar-refractivity contribution in [3.63, 3.8) is 0 Å². The Morgan fingerprint density at radius 1 is 0.909 bits per heavy atom. The molecule has 1 aromatic heterocycles. The molecule has 33 heavy (non-hydrogen) atoms. The standard InChI is InChI=1S/C27H22N2O2S2/c1-18-14-15-32-25(18)16-26(30)28-21-12-10-19(11-13-21)27(31)29-17-20-6-2-4-8-23(20)33-24-9-5-3-7-22(24)29/h2-15H,16-17H2,1H3,(H,28,30). The molecule has 1 aliphatic heterocycles. The number of hydrogen-bond acceptors (Lipinski definition) is 4. The number of benzene rings is 3. The smallest absolute Gasteiger partial charge is 0.258 e. The summed E-state index contributed by atoms with van der Waals surface area (Å²) in [6.45, 7) is 2.52. The number of carbonyl (C=O) groups excluding carboxylic acids is 2. The van der Waals surface area contributed by atoms with E-state index in [-0.39, 0.29) is 11.8 Å². The molecule has 1 aliphatic rings. The van der Waals surface area contributed by atoms with E-state index in [9.17, 15) is 9.59 Å². The minimum Gasteiger partial charge on any atom is -0.326 e. The molecule has 0 saturated carbocycles. The molecule has 0 unspecified atom stereocenters. The molecule has 0 fully saturated rings. The molecule has 0 aliphatic carbocycles. The maximum Gasteiger partial charge on any atom is 0.258 e. The molecule has 4 aromatic rings. The number of fused-ring (bicyclic) bond motifs is 2. The number of nitrogens with zero attached hydrogens (tertiary/aromatic N) is 1. The van der Waals surface area contributed by atoms with Crippen molar-refractivity contribution >= 4 is 46.3 Å². The maximum absolute atomic E-state index is 13.5. The van der Waals surface area contributed by atoms with Crippen LogP contribution in [0, 0.1) is 6.92 Å². The number of amides is 2. The van der Waals surface area contributed by atoms with Gasteiger partial charge in [-0.2, -0.15) is 0 Å². The van der Waals surface area contributed by atoms with E-state index in [1.165, 1.54) is 4.90 Å². The number of rotatable bonds is 4. The fraction of sp³-hybridized carbons (Fsp3) is 0.111. The van der Waals surface area contributed by atoms with Crippen LogP contribution in [0.25, 0.3) is 0 Å². The molecular formula is C27H22N2O2S2. The number of hydrogen-bond donors (Lipinski definition) is 1. The Balaban J connectivity index is 1.36. The lowest BCUT2D eigenvalue weighted by atomic mass is 10.1. The second-order valence-corrected chi connectivity index (χ2v) is 9.98. The molecule has 0 saturated heterocycles. The first-order valence-electron chi connectivity index (χ1n) is 10.7. The molecule has 5 rings (SSSR count). The minimum atomic E-state index is -0.0631. The van der Waals surface area contributed by atoms with E-state index in [0.717, 1.165) is 26.6 Å². The Morgan fingerprint density at radius 2 is 1.64 bits per heavy atom. The highest BCUT2D eigenvalue weighted by molar-refractivity contribution is 7.99. The summed E-state index contributed by atoms with van der Waals surface area (Å²) in [6.07, 6.45) is 0.353. The highest BCUT2D eigenvalue weighted by atomic mass is 32.2. The Bertz CT molecular complexity index is 1330. The fourth-order valence-electron chi connectivity index (χ4n) is 3.84. The van der Waals surface area contributed by atoms with Crippen LogP contribution in [0.15, 0.2) is 94.0 Å². The van der Waals surface area contributed by atoms with Crippen molar-refractivity contribution in [3.8, 4) is 0 Å². The summed E-state index contributed by atoms with van der Waals surface area (Å²) in [5, 5.41) is 4.93. The number of carbonyl (C=O) groups is 2. The van der Waals surface area contributed by atoms with Gasteiger partial charge in [-0.1, -0.05) is 42.1 Å². The lowest BCUT2D eigenvalue weighted by molar-refractivity contribution is -0.115. The van der Waals surface area contributed by atoms with Crippen molar-refractivity contribution in [1.82, 2.24) is 0 Å². The predicted molar refractivity (Wildman–Crippen MR) is 135 cm³/mol. The van der Waals surface area contributed by atoms with Crippen LogP contribution in [0.5, 0.6) is 0 Å². The van der Waals surface area contributed by atoms with Crippen molar-refractivity contribution in [3.05, 3.63) is 106 Å². The largest absolute Gasteiger partial charge is 0.326 e. The molecule has 0 atom stereocenters. The molecule has 2 heterocycles. The van der Waals surface area contributed by atoms with Crippen molar-refractivity contribution in [2.45, 2.75) is 29.7 Å². The quantitative estimate of drug-likeness (QED) is 0.368. The average Bonchev–Trinajstić information content (AvgIpc) is 3.14. The topological polar surface area (TPSA) is 49.4 Å². The summed E-state index contributed by atoms with van der Waals surface area (Å²) in [5.41, 5.74) is 4.44. The summed E-state index contributed by atoms with van der Waals surface area (Å²) >= 11 is 3.28. The third kappa shape index (κ3) is 4.58. The van der Waals surface area contributed by atoms with E-state index in [4.69, 9.17) is 0 Å². The van der Waals surface area contributed by atoms with Crippen LogP contribution in [0.2, 0.25) is 0 Å². The van der Waals surface area contributed by atoms with Crippen LogP contribution < -0.4 is 10.2 Å². The van der Waals surface area contributed by atoms with E-state index in [0.29, 0.717) is 24.2 Å². The molecule has 0 radical (unpaired) electrons. The van der Waals surface area contributed by atoms with Crippen molar-refractivity contribution in [1.29, 1.82) is 0 Å². The summed E-state index contributed by atoms with van der Waals surface area (Å²) in [7, 11) is 0. The van der Waals surface area contributed by atoms with Crippen LogP contribution in [0.4, 0.5) is 11.4 Å². The van der Waals surface area contributed by atoms with Gasteiger partial charge in [0.1, 0.15) is 0 Å². The second kappa shape index (κ2) is 9.25. The fourth-order valence-corrected chi connectivity index (χ4v) is 5.83. The zero-order chi connectivity index (χ0) is 22.8. The van der Waals surface area contributed by atoms with Crippen molar-refractivity contribution in [2.24, 2.45) is 0 Å². The van der Waals surface area contributed by atoms with E-state index in [1.54, 1.807) is 47.4 Å². The van der Waals surface area contributed by atoms with Gasteiger partial charge in [0, 0.05) is 25.9 Å². The van der Waals surface area contributed by atoms with E-state index >= 15 is 0 Å². The number of aryl methyl sites for hydroxylation is 1. The molecule has 6 heteroatoms. The van der Waals surface area contributed by atoms with E-state index < -0.39 is 0 Å². The molecule has 3 aromatic carbocycles. The number of nitrogens with one attached hydrogen (secondary N) is 1. The third-order valence-electron chi connectivity index (χ3n) is 5.63.